The summed E-state index contributed by atoms with van der Waals surface area (Å²) >= 11 is 0. The maximum atomic E-state index is 12.1. The fourth-order valence-electron chi connectivity index (χ4n) is 2.07. The number of aromatic amines is 1. The minimum absolute atomic E-state index is 0.106. The largest absolute Gasteiger partial charge is 0.338 e. The van der Waals surface area contributed by atoms with Gasteiger partial charge in [0.1, 0.15) is 5.82 Å². The van der Waals surface area contributed by atoms with E-state index in [0.29, 0.717) is 18.8 Å². The molecule has 1 heterocycles. The van der Waals surface area contributed by atoms with E-state index in [4.69, 9.17) is 0 Å². The molecular weight excluding hydrogens is 252 g/mol. The first-order chi connectivity index (χ1) is 9.54. The fraction of sp³-hybridized carbons (Fsp3) is 0.400. The monoisotopic (exact) mass is 272 g/mol. The van der Waals surface area contributed by atoms with Gasteiger partial charge in [0.25, 0.3) is 0 Å². The van der Waals surface area contributed by atoms with Crippen molar-refractivity contribution in [2.24, 2.45) is 0 Å². The molecule has 0 saturated carbocycles. The van der Waals surface area contributed by atoms with Gasteiger partial charge in [0.15, 0.2) is 5.82 Å². The van der Waals surface area contributed by atoms with E-state index < -0.39 is 0 Å². The van der Waals surface area contributed by atoms with Crippen LogP contribution >= 0.6 is 0 Å². The summed E-state index contributed by atoms with van der Waals surface area (Å²) < 4.78 is 0. The van der Waals surface area contributed by atoms with Gasteiger partial charge in [-0.2, -0.15) is 5.10 Å². The van der Waals surface area contributed by atoms with Gasteiger partial charge in [-0.3, -0.25) is 9.89 Å². The third-order valence-corrected chi connectivity index (χ3v) is 3.16. The van der Waals surface area contributed by atoms with Crippen molar-refractivity contribution < 1.29 is 4.79 Å². The number of H-pyrrole nitrogens is 1. The van der Waals surface area contributed by atoms with Crippen molar-refractivity contribution >= 4 is 5.91 Å². The molecule has 5 heteroatoms. The second-order valence-corrected chi connectivity index (χ2v) is 5.08. The number of amides is 1. The second-order valence-electron chi connectivity index (χ2n) is 5.08. The van der Waals surface area contributed by atoms with E-state index in [9.17, 15) is 4.79 Å². The Morgan fingerprint density at radius 1 is 1.35 bits per heavy atom. The van der Waals surface area contributed by atoms with Crippen LogP contribution in [-0.2, 0) is 17.8 Å². The first-order valence-electron chi connectivity index (χ1n) is 6.72. The minimum Gasteiger partial charge on any atom is -0.338 e. The number of rotatable bonds is 5. The van der Waals surface area contributed by atoms with Crippen molar-refractivity contribution in [1.82, 2.24) is 20.1 Å². The van der Waals surface area contributed by atoms with Gasteiger partial charge in [0.2, 0.25) is 5.91 Å². The van der Waals surface area contributed by atoms with E-state index >= 15 is 0 Å². The number of nitrogens with one attached hydrogen (secondary N) is 1. The third kappa shape index (κ3) is 3.91. The van der Waals surface area contributed by atoms with Crippen molar-refractivity contribution in [3.8, 4) is 0 Å². The maximum absolute atomic E-state index is 12.1. The lowest BCUT2D eigenvalue weighted by molar-refractivity contribution is -0.130. The lowest BCUT2D eigenvalue weighted by Gasteiger charge is -2.15. The molecular formula is C15H20N4O. The van der Waals surface area contributed by atoms with E-state index in [0.717, 1.165) is 12.2 Å². The zero-order chi connectivity index (χ0) is 14.5. The Kier molecular flexibility index (Phi) is 4.50. The predicted octanol–water partition coefficient (Wildman–Crippen LogP) is 2.01. The van der Waals surface area contributed by atoms with Crippen LogP contribution in [0.4, 0.5) is 0 Å². The van der Waals surface area contributed by atoms with Crippen LogP contribution in [0.5, 0.6) is 0 Å². The first kappa shape index (κ1) is 14.2. The Hall–Kier alpha value is -2.17. The van der Waals surface area contributed by atoms with E-state index in [-0.39, 0.29) is 5.91 Å². The molecule has 1 amide bonds. The highest BCUT2D eigenvalue weighted by Gasteiger charge is 2.11. The van der Waals surface area contributed by atoms with Crippen LogP contribution in [-0.4, -0.2) is 33.0 Å². The molecule has 0 unspecified atom stereocenters. The van der Waals surface area contributed by atoms with E-state index in [1.165, 1.54) is 11.1 Å². The van der Waals surface area contributed by atoms with Crippen LogP contribution in [0.15, 0.2) is 24.3 Å². The number of carbonyl (C=O) groups excluding carboxylic acids is 1. The van der Waals surface area contributed by atoms with Gasteiger partial charge in [-0.1, -0.05) is 29.8 Å². The molecule has 0 radical (unpaired) electrons. The standard InChI is InChI=1S/C15H20N4O/c1-11-5-4-6-13(9-11)7-8-15(20)19(3)10-14-16-12(2)17-18-14/h4-6,9H,7-8,10H2,1-3H3,(H,16,17,18). The molecule has 2 rings (SSSR count). The highest BCUT2D eigenvalue weighted by atomic mass is 16.2. The Morgan fingerprint density at radius 3 is 2.80 bits per heavy atom. The molecule has 1 aromatic carbocycles. The number of carbonyl (C=O) groups is 1. The van der Waals surface area contributed by atoms with E-state index in [1.807, 2.05) is 13.0 Å². The van der Waals surface area contributed by atoms with Crippen molar-refractivity contribution in [2.45, 2.75) is 33.2 Å². The lowest BCUT2D eigenvalue weighted by Crippen LogP contribution is -2.26. The number of benzene rings is 1. The molecule has 1 aromatic heterocycles. The Labute approximate surface area is 119 Å². The number of aromatic nitrogens is 3. The molecule has 0 bridgehead atoms. The minimum atomic E-state index is 0.106. The van der Waals surface area contributed by atoms with Gasteiger partial charge in [0, 0.05) is 13.5 Å². The Morgan fingerprint density at radius 2 is 2.15 bits per heavy atom. The van der Waals surface area contributed by atoms with Crippen molar-refractivity contribution in [2.75, 3.05) is 7.05 Å². The highest BCUT2D eigenvalue weighted by Crippen LogP contribution is 2.08. The van der Waals surface area contributed by atoms with Gasteiger partial charge in [-0.15, -0.1) is 0 Å². The molecule has 0 spiro atoms. The Bertz CT molecular complexity index is 591. The molecule has 106 valence electrons. The summed E-state index contributed by atoms with van der Waals surface area (Å²) in [7, 11) is 1.78. The molecule has 5 nitrogen and oxygen atoms in total. The molecule has 0 aliphatic carbocycles. The molecule has 0 aliphatic rings. The predicted molar refractivity (Wildman–Crippen MR) is 77.1 cm³/mol. The van der Waals surface area contributed by atoms with E-state index in [2.05, 4.69) is 40.3 Å². The number of aryl methyl sites for hydroxylation is 3. The van der Waals surface area contributed by atoms with Crippen LogP contribution in [0, 0.1) is 13.8 Å². The fourth-order valence-corrected chi connectivity index (χ4v) is 2.07. The van der Waals surface area contributed by atoms with Crippen LogP contribution in [0.2, 0.25) is 0 Å². The van der Waals surface area contributed by atoms with Gasteiger partial charge in [0.05, 0.1) is 6.54 Å². The maximum Gasteiger partial charge on any atom is 0.223 e. The summed E-state index contributed by atoms with van der Waals surface area (Å²) in [6.07, 6.45) is 1.27. The number of hydrogen-bond acceptors (Lipinski definition) is 3. The summed E-state index contributed by atoms with van der Waals surface area (Å²) in [4.78, 5) is 17.9. The smallest absolute Gasteiger partial charge is 0.223 e. The van der Waals surface area contributed by atoms with Gasteiger partial charge in [-0.05, 0) is 25.8 Å². The quantitative estimate of drug-likeness (QED) is 0.905. The molecule has 2 aromatic rings. The zero-order valence-corrected chi connectivity index (χ0v) is 12.2. The van der Waals surface area contributed by atoms with Crippen LogP contribution in [0.3, 0.4) is 0 Å². The molecule has 0 fully saturated rings. The molecule has 0 saturated heterocycles. The SMILES string of the molecule is Cc1cccc(CCC(=O)N(C)Cc2n[nH]c(C)n2)c1. The summed E-state index contributed by atoms with van der Waals surface area (Å²) in [5, 5.41) is 6.82. The summed E-state index contributed by atoms with van der Waals surface area (Å²) in [6, 6.07) is 8.25. The topological polar surface area (TPSA) is 61.9 Å². The number of nitrogens with zero attached hydrogens (tertiary/aromatic N) is 3. The van der Waals surface area contributed by atoms with Crippen molar-refractivity contribution in [3.05, 3.63) is 47.0 Å². The van der Waals surface area contributed by atoms with E-state index in [1.54, 1.807) is 11.9 Å². The second kappa shape index (κ2) is 6.32. The first-order valence-corrected chi connectivity index (χ1v) is 6.72. The average Bonchev–Trinajstić information content (AvgIpc) is 2.81. The highest BCUT2D eigenvalue weighted by molar-refractivity contribution is 5.76. The summed E-state index contributed by atoms with van der Waals surface area (Å²) in [6.45, 7) is 4.34. The lowest BCUT2D eigenvalue weighted by atomic mass is 10.1. The van der Waals surface area contributed by atoms with Gasteiger partial charge in [-0.25, -0.2) is 4.98 Å². The molecule has 20 heavy (non-hydrogen) atoms. The Balaban J connectivity index is 1.85. The van der Waals surface area contributed by atoms with Gasteiger partial charge < -0.3 is 4.90 Å². The molecule has 1 N–H and O–H groups in total. The van der Waals surface area contributed by atoms with Crippen molar-refractivity contribution in [1.29, 1.82) is 0 Å². The summed E-state index contributed by atoms with van der Waals surface area (Å²) in [5.41, 5.74) is 2.42. The van der Waals surface area contributed by atoms with Crippen molar-refractivity contribution in [3.63, 3.8) is 0 Å². The zero-order valence-electron chi connectivity index (χ0n) is 12.2. The average molecular weight is 272 g/mol. The van der Waals surface area contributed by atoms with Crippen LogP contribution in [0.1, 0.15) is 29.2 Å². The van der Waals surface area contributed by atoms with Crippen LogP contribution in [0.25, 0.3) is 0 Å². The third-order valence-electron chi connectivity index (χ3n) is 3.16. The summed E-state index contributed by atoms with van der Waals surface area (Å²) in [5.74, 6) is 1.52. The molecule has 0 atom stereocenters. The van der Waals surface area contributed by atoms with Crippen LogP contribution < -0.4 is 0 Å². The normalized spacial score (nSPS) is 10.6. The number of hydrogen-bond donors (Lipinski definition) is 1. The molecule has 0 aliphatic heterocycles. The van der Waals surface area contributed by atoms with Gasteiger partial charge >= 0.3 is 0 Å².